The van der Waals surface area contributed by atoms with Gasteiger partial charge in [-0.1, -0.05) is 24.3 Å². The Morgan fingerprint density at radius 1 is 1.29 bits per heavy atom. The fraction of sp³-hybridized carbons (Fsp3) is 0.214. The van der Waals surface area contributed by atoms with Gasteiger partial charge in [0, 0.05) is 16.6 Å². The summed E-state index contributed by atoms with van der Waals surface area (Å²) in [5.74, 6) is 1.36. The molecule has 1 aliphatic rings. The van der Waals surface area contributed by atoms with Crippen molar-refractivity contribution in [2.75, 3.05) is 6.61 Å². The van der Waals surface area contributed by atoms with Crippen LogP contribution in [0.1, 0.15) is 17.0 Å². The molecule has 0 radical (unpaired) electrons. The third kappa shape index (κ3) is 2.20. The topological polar surface area (TPSA) is 22.1 Å². The first-order valence-corrected chi connectivity index (χ1v) is 6.43. The van der Waals surface area contributed by atoms with Crippen LogP contribution in [0.3, 0.4) is 0 Å². The summed E-state index contributed by atoms with van der Waals surface area (Å²) in [5, 5.41) is 0. The lowest BCUT2D eigenvalue weighted by atomic mass is 9.78. The third-order valence-corrected chi connectivity index (χ3v) is 3.53. The average molecular weight is 290 g/mol. The van der Waals surface area contributed by atoms with Crippen LogP contribution >= 0.6 is 15.9 Å². The van der Waals surface area contributed by atoms with Gasteiger partial charge in [-0.15, -0.1) is 0 Å². The van der Waals surface area contributed by atoms with Crippen molar-refractivity contribution in [3.63, 3.8) is 0 Å². The zero-order valence-corrected chi connectivity index (χ0v) is 10.9. The maximum atomic E-state index is 5.76. The van der Waals surface area contributed by atoms with Crippen LogP contribution < -0.4 is 4.74 Å². The Bertz CT molecular complexity index is 541. The van der Waals surface area contributed by atoms with E-state index in [1.807, 2.05) is 6.07 Å². The normalized spacial score (nSPS) is 17.1. The van der Waals surface area contributed by atoms with E-state index in [2.05, 4.69) is 45.2 Å². The lowest BCUT2D eigenvalue weighted by molar-refractivity contribution is 0.274. The lowest BCUT2D eigenvalue weighted by Gasteiger charge is -2.29. The van der Waals surface area contributed by atoms with Crippen LogP contribution in [0.2, 0.25) is 0 Å². The Kier molecular flexibility index (Phi) is 2.85. The standard InChI is InChI=1S/C14H12BrNO/c15-12-6-13(8-16-7-12)17-9-11-5-10-3-1-2-4-14(10)11/h1-4,6-8,11H,5,9H2. The molecule has 0 amide bonds. The first kappa shape index (κ1) is 10.8. The minimum absolute atomic E-state index is 0.533. The average Bonchev–Trinajstić information content (AvgIpc) is 2.30. The molecular weight excluding hydrogens is 278 g/mol. The molecule has 0 aliphatic heterocycles. The molecule has 1 aromatic heterocycles. The summed E-state index contributed by atoms with van der Waals surface area (Å²) in [5.41, 5.74) is 2.88. The predicted molar refractivity (Wildman–Crippen MR) is 70.3 cm³/mol. The maximum Gasteiger partial charge on any atom is 0.138 e. The molecule has 3 rings (SSSR count). The molecule has 1 aromatic carbocycles. The van der Waals surface area contributed by atoms with Gasteiger partial charge in [-0.05, 0) is 39.5 Å². The monoisotopic (exact) mass is 289 g/mol. The van der Waals surface area contributed by atoms with Crippen molar-refractivity contribution in [3.8, 4) is 5.75 Å². The summed E-state index contributed by atoms with van der Waals surface area (Å²) in [6.07, 6.45) is 4.62. The van der Waals surface area contributed by atoms with Crippen molar-refractivity contribution >= 4 is 15.9 Å². The van der Waals surface area contributed by atoms with E-state index >= 15 is 0 Å². The molecule has 0 spiro atoms. The molecule has 0 bridgehead atoms. The molecular formula is C14H12BrNO. The second-order valence-corrected chi connectivity index (χ2v) is 5.17. The Balaban J connectivity index is 1.64. The highest BCUT2D eigenvalue weighted by Crippen LogP contribution is 2.35. The van der Waals surface area contributed by atoms with Crippen molar-refractivity contribution in [2.24, 2.45) is 0 Å². The highest BCUT2D eigenvalue weighted by atomic mass is 79.9. The van der Waals surface area contributed by atoms with Gasteiger partial charge in [0.25, 0.3) is 0 Å². The molecule has 0 fully saturated rings. The Morgan fingerprint density at radius 2 is 2.18 bits per heavy atom. The van der Waals surface area contributed by atoms with Crippen LogP contribution in [-0.2, 0) is 6.42 Å². The first-order valence-electron chi connectivity index (χ1n) is 5.64. The minimum Gasteiger partial charge on any atom is -0.491 e. The molecule has 0 N–H and O–H groups in total. The Hall–Kier alpha value is -1.35. The van der Waals surface area contributed by atoms with E-state index in [1.54, 1.807) is 12.4 Å². The number of nitrogens with zero attached hydrogens (tertiary/aromatic N) is 1. The molecule has 1 heterocycles. The second-order valence-electron chi connectivity index (χ2n) is 4.25. The highest BCUT2D eigenvalue weighted by molar-refractivity contribution is 9.10. The van der Waals surface area contributed by atoms with Gasteiger partial charge >= 0.3 is 0 Å². The first-order chi connectivity index (χ1) is 8.33. The molecule has 1 atom stereocenters. The van der Waals surface area contributed by atoms with Crippen LogP contribution in [0.25, 0.3) is 0 Å². The van der Waals surface area contributed by atoms with Gasteiger partial charge in [0.15, 0.2) is 0 Å². The Morgan fingerprint density at radius 3 is 3.00 bits per heavy atom. The number of benzene rings is 1. The van der Waals surface area contributed by atoms with Gasteiger partial charge in [0.1, 0.15) is 5.75 Å². The summed E-state index contributed by atoms with van der Waals surface area (Å²) in [4.78, 5) is 4.08. The van der Waals surface area contributed by atoms with Crippen LogP contribution in [0.4, 0.5) is 0 Å². The predicted octanol–water partition coefficient (Wildman–Crippen LogP) is 3.56. The van der Waals surface area contributed by atoms with E-state index in [9.17, 15) is 0 Å². The number of halogens is 1. The van der Waals surface area contributed by atoms with Crippen molar-refractivity contribution < 1.29 is 4.74 Å². The van der Waals surface area contributed by atoms with Crippen LogP contribution in [0, 0.1) is 0 Å². The molecule has 0 saturated heterocycles. The van der Waals surface area contributed by atoms with Crippen molar-refractivity contribution in [2.45, 2.75) is 12.3 Å². The minimum atomic E-state index is 0.533. The molecule has 3 heteroatoms. The number of hydrogen-bond donors (Lipinski definition) is 0. The van der Waals surface area contributed by atoms with E-state index in [0.717, 1.165) is 23.2 Å². The third-order valence-electron chi connectivity index (χ3n) is 3.09. The molecule has 2 nitrogen and oxygen atoms in total. The summed E-state index contributed by atoms with van der Waals surface area (Å²) in [6, 6.07) is 10.5. The number of ether oxygens (including phenoxy) is 1. The zero-order valence-electron chi connectivity index (χ0n) is 9.27. The number of pyridine rings is 1. The molecule has 86 valence electrons. The van der Waals surface area contributed by atoms with E-state index in [-0.39, 0.29) is 0 Å². The van der Waals surface area contributed by atoms with Crippen molar-refractivity contribution in [3.05, 3.63) is 58.3 Å². The fourth-order valence-electron chi connectivity index (χ4n) is 2.18. The summed E-state index contributed by atoms with van der Waals surface area (Å²) in [7, 11) is 0. The molecule has 1 unspecified atom stereocenters. The van der Waals surface area contributed by atoms with E-state index in [0.29, 0.717) is 5.92 Å². The van der Waals surface area contributed by atoms with E-state index < -0.39 is 0 Å². The van der Waals surface area contributed by atoms with Gasteiger partial charge in [0.2, 0.25) is 0 Å². The van der Waals surface area contributed by atoms with Crippen molar-refractivity contribution in [1.82, 2.24) is 4.98 Å². The van der Waals surface area contributed by atoms with Gasteiger partial charge < -0.3 is 4.74 Å². The largest absolute Gasteiger partial charge is 0.491 e. The fourth-order valence-corrected chi connectivity index (χ4v) is 2.52. The van der Waals surface area contributed by atoms with E-state index in [1.165, 1.54) is 11.1 Å². The quantitative estimate of drug-likeness (QED) is 0.862. The van der Waals surface area contributed by atoms with Crippen LogP contribution in [-0.4, -0.2) is 11.6 Å². The summed E-state index contributed by atoms with van der Waals surface area (Å²) < 4.78 is 6.70. The summed E-state index contributed by atoms with van der Waals surface area (Å²) in [6.45, 7) is 0.731. The SMILES string of the molecule is Brc1cncc(OCC2Cc3ccccc32)c1. The van der Waals surface area contributed by atoms with Gasteiger partial charge in [-0.3, -0.25) is 4.98 Å². The van der Waals surface area contributed by atoms with E-state index in [4.69, 9.17) is 4.74 Å². The van der Waals surface area contributed by atoms with Crippen molar-refractivity contribution in [1.29, 1.82) is 0 Å². The van der Waals surface area contributed by atoms with Gasteiger partial charge in [-0.2, -0.15) is 0 Å². The summed E-state index contributed by atoms with van der Waals surface area (Å²) >= 11 is 3.38. The van der Waals surface area contributed by atoms with Crippen LogP contribution in [0.5, 0.6) is 5.75 Å². The lowest BCUT2D eigenvalue weighted by Crippen LogP contribution is -2.23. The number of aromatic nitrogens is 1. The molecule has 2 aromatic rings. The maximum absolute atomic E-state index is 5.76. The smallest absolute Gasteiger partial charge is 0.138 e. The second kappa shape index (κ2) is 4.49. The number of hydrogen-bond acceptors (Lipinski definition) is 2. The zero-order chi connectivity index (χ0) is 11.7. The number of rotatable bonds is 3. The molecule has 17 heavy (non-hydrogen) atoms. The van der Waals surface area contributed by atoms with Gasteiger partial charge in [-0.25, -0.2) is 0 Å². The van der Waals surface area contributed by atoms with Crippen LogP contribution in [0.15, 0.2) is 47.2 Å². The number of fused-ring (bicyclic) bond motifs is 1. The molecule has 1 aliphatic carbocycles. The molecule has 0 saturated carbocycles. The van der Waals surface area contributed by atoms with Gasteiger partial charge in [0.05, 0.1) is 12.8 Å². The highest BCUT2D eigenvalue weighted by Gasteiger charge is 2.25. The Labute approximate surface area is 109 Å².